The molecule has 3 aliphatic heterocycles. The summed E-state index contributed by atoms with van der Waals surface area (Å²) < 4.78 is 13.9. The smallest absolute Gasteiger partial charge is 0.408 e. The average molecular weight is 866 g/mol. The van der Waals surface area contributed by atoms with Gasteiger partial charge in [-0.1, -0.05) is 44.2 Å². The molecule has 4 atom stereocenters. The van der Waals surface area contributed by atoms with Crippen molar-refractivity contribution in [3.63, 3.8) is 0 Å². The van der Waals surface area contributed by atoms with Crippen LogP contribution in [0.15, 0.2) is 54.7 Å². The molecule has 0 spiro atoms. The molecule has 4 N–H and O–H groups in total. The van der Waals surface area contributed by atoms with Crippen LogP contribution in [0.4, 0.5) is 10.5 Å². The zero-order valence-corrected chi connectivity index (χ0v) is 38.4. The SMILES string of the molecule is CCn1c(-c2cc(N3CCN4CCCC4C3)cnc2[C@H](C)OC)c(CC(C)(C)CO)c2cc(-c3cccc(CC(NC(=O)OC(C)(C)C)C(=O)N4CCCC(C(=O)O)N4)c3)ccc21. The zero-order chi connectivity index (χ0) is 45.2. The van der Waals surface area contributed by atoms with Crippen molar-refractivity contribution in [1.29, 1.82) is 0 Å². The number of hydrogen-bond donors (Lipinski definition) is 4. The van der Waals surface area contributed by atoms with Gasteiger partial charge in [-0.2, -0.15) is 0 Å². The molecule has 4 aromatic rings. The maximum absolute atomic E-state index is 14.0. The van der Waals surface area contributed by atoms with Crippen LogP contribution in [0.2, 0.25) is 0 Å². The second-order valence-corrected chi connectivity index (χ2v) is 19.3. The van der Waals surface area contributed by atoms with E-state index in [1.807, 2.05) is 37.4 Å². The first-order valence-electron chi connectivity index (χ1n) is 22.7. The van der Waals surface area contributed by atoms with Crippen molar-refractivity contribution in [3.8, 4) is 22.4 Å². The fraction of sp³-hybridized carbons (Fsp3) is 0.551. The van der Waals surface area contributed by atoms with E-state index >= 15 is 0 Å². The van der Waals surface area contributed by atoms with Gasteiger partial charge < -0.3 is 34.5 Å². The Kier molecular flexibility index (Phi) is 13.9. The molecule has 3 saturated heterocycles. The van der Waals surface area contributed by atoms with Gasteiger partial charge >= 0.3 is 12.1 Å². The maximum atomic E-state index is 14.0. The summed E-state index contributed by atoms with van der Waals surface area (Å²) in [4.78, 5) is 49.2. The van der Waals surface area contributed by atoms with Gasteiger partial charge in [0.25, 0.3) is 5.91 Å². The van der Waals surface area contributed by atoms with Crippen molar-refractivity contribution in [2.45, 2.75) is 123 Å². The van der Waals surface area contributed by atoms with Gasteiger partial charge in [0, 0.05) is 75.4 Å². The molecule has 0 saturated carbocycles. The molecule has 340 valence electrons. The quantitative estimate of drug-likeness (QED) is 0.104. The monoisotopic (exact) mass is 866 g/mol. The number of amides is 2. The molecule has 2 aromatic heterocycles. The van der Waals surface area contributed by atoms with E-state index in [1.54, 1.807) is 27.9 Å². The highest BCUT2D eigenvalue weighted by atomic mass is 16.6. The number of hydrogen-bond acceptors (Lipinski definition) is 10. The number of carboxylic acids is 1. The van der Waals surface area contributed by atoms with Crippen molar-refractivity contribution in [3.05, 3.63) is 71.5 Å². The van der Waals surface area contributed by atoms with Crippen LogP contribution >= 0.6 is 0 Å². The normalized spacial score (nSPS) is 19.5. The van der Waals surface area contributed by atoms with E-state index in [1.165, 1.54) is 24.4 Å². The Morgan fingerprint density at radius 1 is 0.984 bits per heavy atom. The van der Waals surface area contributed by atoms with Gasteiger partial charge in [0.15, 0.2) is 0 Å². The second kappa shape index (κ2) is 19.0. The highest BCUT2D eigenvalue weighted by Gasteiger charge is 2.35. The maximum Gasteiger partial charge on any atom is 0.408 e. The van der Waals surface area contributed by atoms with Crippen LogP contribution < -0.4 is 15.6 Å². The molecule has 63 heavy (non-hydrogen) atoms. The molecule has 5 heterocycles. The van der Waals surface area contributed by atoms with Crippen LogP contribution in [-0.4, -0.2) is 118 Å². The Bertz CT molecular complexity index is 2300. The molecule has 0 bridgehead atoms. The minimum Gasteiger partial charge on any atom is -0.480 e. The predicted octanol–water partition coefficient (Wildman–Crippen LogP) is 6.96. The minimum absolute atomic E-state index is 0.0133. The first kappa shape index (κ1) is 46.0. The Labute approximate surface area is 371 Å². The summed E-state index contributed by atoms with van der Waals surface area (Å²) >= 11 is 0. The predicted molar refractivity (Wildman–Crippen MR) is 245 cm³/mol. The fourth-order valence-corrected chi connectivity index (χ4v) is 9.52. The van der Waals surface area contributed by atoms with E-state index < -0.39 is 41.1 Å². The van der Waals surface area contributed by atoms with Crippen molar-refractivity contribution < 1.29 is 34.1 Å². The van der Waals surface area contributed by atoms with Crippen molar-refractivity contribution in [1.82, 2.24) is 30.2 Å². The van der Waals surface area contributed by atoms with Crippen LogP contribution in [0.1, 0.15) is 97.1 Å². The highest BCUT2D eigenvalue weighted by molar-refractivity contribution is 5.96. The molecule has 3 aliphatic rings. The van der Waals surface area contributed by atoms with Gasteiger partial charge in [-0.25, -0.2) is 10.2 Å². The number of methoxy groups -OCH3 is 1. The summed E-state index contributed by atoms with van der Waals surface area (Å²) in [5.41, 5.74) is 10.7. The number of aromatic nitrogens is 2. The molecule has 0 radical (unpaired) electrons. The number of piperazine rings is 1. The van der Waals surface area contributed by atoms with E-state index in [9.17, 15) is 24.6 Å². The lowest BCUT2D eigenvalue weighted by atomic mass is 9.84. The number of aryl methyl sites for hydroxylation is 1. The number of nitrogens with one attached hydrogen (secondary N) is 2. The lowest BCUT2D eigenvalue weighted by molar-refractivity contribution is -0.147. The summed E-state index contributed by atoms with van der Waals surface area (Å²) in [5.74, 6) is -1.48. The minimum atomic E-state index is -1.04. The number of aliphatic carboxylic acids is 1. The number of alkyl carbamates (subject to hydrolysis) is 1. The third-order valence-corrected chi connectivity index (χ3v) is 12.9. The lowest BCUT2D eigenvalue weighted by Gasteiger charge is -2.39. The summed E-state index contributed by atoms with van der Waals surface area (Å²) in [7, 11) is 1.72. The number of rotatable bonds is 14. The first-order chi connectivity index (χ1) is 30.0. The molecule has 2 aromatic carbocycles. The average Bonchev–Trinajstić information content (AvgIpc) is 3.86. The molecule has 14 nitrogen and oxygen atoms in total. The molecule has 0 aliphatic carbocycles. The summed E-state index contributed by atoms with van der Waals surface area (Å²) in [6, 6.07) is 15.4. The largest absolute Gasteiger partial charge is 0.480 e. The van der Waals surface area contributed by atoms with Crippen LogP contribution in [0.25, 0.3) is 33.3 Å². The van der Waals surface area contributed by atoms with E-state index in [-0.39, 0.29) is 19.1 Å². The van der Waals surface area contributed by atoms with E-state index in [4.69, 9.17) is 14.5 Å². The number of hydrazine groups is 1. The molecule has 3 unspecified atom stereocenters. The standard InChI is InChI=1S/C49H67N7O7/c1-9-55-42-18-17-34(33-14-10-13-32(23-33)24-41(51-47(61)63-48(3,4)5)45(58)56-20-12-16-40(52-56)46(59)60)25-37(42)39(27-49(6,7)30-57)44(55)38-26-36(28-50-43(38)31(2)62-8)54-22-21-53-19-11-15-35(53)29-54/h10,13-14,17-18,23,25-26,28,31,35,40-41,52,57H,9,11-12,15-16,19-22,24,27,29-30H2,1-8H3,(H,51,61)(H,59,60)/t31-,35?,40?,41?/m0/s1. The Morgan fingerprint density at radius 2 is 1.75 bits per heavy atom. The number of aliphatic hydroxyl groups is 1. The molecule has 7 rings (SSSR count). The number of carboxylic acid groups (broad SMARTS) is 1. The Balaban J connectivity index is 1.29. The number of carbonyl (C=O) groups excluding carboxylic acids is 2. The van der Waals surface area contributed by atoms with Crippen molar-refractivity contribution >= 4 is 34.6 Å². The fourth-order valence-electron chi connectivity index (χ4n) is 9.52. The van der Waals surface area contributed by atoms with Crippen molar-refractivity contribution in [2.75, 3.05) is 51.3 Å². The Hall–Kier alpha value is -5.02. The molecule has 14 heteroatoms. The first-order valence-corrected chi connectivity index (χ1v) is 22.7. The number of benzene rings is 2. The second-order valence-electron chi connectivity index (χ2n) is 19.3. The van der Waals surface area contributed by atoms with Crippen LogP contribution in [-0.2, 0) is 38.4 Å². The van der Waals surface area contributed by atoms with Gasteiger partial charge in [-0.3, -0.25) is 24.5 Å². The van der Waals surface area contributed by atoms with Gasteiger partial charge in [0.05, 0.1) is 29.4 Å². The number of aliphatic hydroxyl groups excluding tert-OH is 1. The summed E-state index contributed by atoms with van der Waals surface area (Å²) in [6.07, 6.45) is 5.16. The number of nitrogens with zero attached hydrogens (tertiary/aromatic N) is 5. The molecular formula is C49H67N7O7. The number of carbonyl (C=O) groups is 3. The van der Waals surface area contributed by atoms with Crippen LogP contribution in [0.3, 0.4) is 0 Å². The van der Waals surface area contributed by atoms with E-state index in [0.29, 0.717) is 38.4 Å². The molecule has 3 fully saturated rings. The van der Waals surface area contributed by atoms with Gasteiger partial charge in [-0.15, -0.1) is 0 Å². The van der Waals surface area contributed by atoms with Crippen molar-refractivity contribution in [2.24, 2.45) is 5.41 Å². The topological polar surface area (TPSA) is 162 Å². The third kappa shape index (κ3) is 10.4. The summed E-state index contributed by atoms with van der Waals surface area (Å²) in [5, 5.41) is 25.5. The number of ether oxygens (including phenoxy) is 2. The van der Waals surface area contributed by atoms with E-state index in [2.05, 4.69) is 70.1 Å². The molecule has 2 amide bonds. The Morgan fingerprint density at radius 3 is 2.46 bits per heavy atom. The third-order valence-electron chi connectivity index (χ3n) is 12.9. The zero-order valence-electron chi connectivity index (χ0n) is 38.4. The van der Waals surface area contributed by atoms with Gasteiger partial charge in [-0.05, 0) is 119 Å². The highest BCUT2D eigenvalue weighted by Crippen LogP contribution is 2.43. The van der Waals surface area contributed by atoms with Gasteiger partial charge in [0.1, 0.15) is 17.7 Å². The summed E-state index contributed by atoms with van der Waals surface area (Å²) in [6.45, 7) is 18.9. The lowest BCUT2D eigenvalue weighted by Crippen LogP contribution is -2.60. The van der Waals surface area contributed by atoms with E-state index in [0.717, 1.165) is 75.4 Å². The van der Waals surface area contributed by atoms with Gasteiger partial charge in [0.2, 0.25) is 0 Å². The van der Waals surface area contributed by atoms with Crippen LogP contribution in [0.5, 0.6) is 0 Å². The number of anilines is 1. The number of pyridine rings is 1. The van der Waals surface area contributed by atoms with Crippen LogP contribution in [0, 0.1) is 5.41 Å². The number of fused-ring (bicyclic) bond motifs is 2. The molecular weight excluding hydrogens is 799 g/mol.